The first-order chi connectivity index (χ1) is 9.94. The van der Waals surface area contributed by atoms with E-state index in [0.29, 0.717) is 30.2 Å². The van der Waals surface area contributed by atoms with Crippen LogP contribution in [0.4, 0.5) is 5.69 Å². The zero-order chi connectivity index (χ0) is 15.3. The topological polar surface area (TPSA) is 64.3 Å². The van der Waals surface area contributed by atoms with Crippen LogP contribution in [-0.4, -0.2) is 18.6 Å². The number of anilines is 1. The fourth-order valence-electron chi connectivity index (χ4n) is 2.67. The molecule has 116 valence electrons. The van der Waals surface area contributed by atoms with Crippen molar-refractivity contribution in [3.05, 3.63) is 24.3 Å². The van der Waals surface area contributed by atoms with Crippen molar-refractivity contribution in [2.45, 2.75) is 52.0 Å². The van der Waals surface area contributed by atoms with Gasteiger partial charge in [0.25, 0.3) is 0 Å². The Morgan fingerprint density at radius 2 is 1.90 bits per heavy atom. The number of ether oxygens (including phenoxy) is 1. The van der Waals surface area contributed by atoms with Gasteiger partial charge in [0.1, 0.15) is 5.75 Å². The van der Waals surface area contributed by atoms with Gasteiger partial charge in [-0.25, -0.2) is 0 Å². The van der Waals surface area contributed by atoms with Gasteiger partial charge in [-0.1, -0.05) is 13.8 Å². The molecular weight excluding hydrogens is 264 g/mol. The average Bonchev–Trinajstić information content (AvgIpc) is 2.43. The maximum Gasteiger partial charge on any atom is 0.223 e. The third-order valence-electron chi connectivity index (χ3n) is 4.18. The Morgan fingerprint density at radius 3 is 2.52 bits per heavy atom. The molecule has 1 aromatic rings. The molecular formula is C17H26N2O2. The van der Waals surface area contributed by atoms with E-state index in [-0.39, 0.29) is 5.91 Å². The first-order valence-corrected chi connectivity index (χ1v) is 7.72. The molecule has 2 rings (SSSR count). The lowest BCUT2D eigenvalue weighted by atomic mass is 9.75. The van der Waals surface area contributed by atoms with Gasteiger partial charge in [-0.3, -0.25) is 4.79 Å². The van der Waals surface area contributed by atoms with Crippen LogP contribution < -0.4 is 15.8 Å². The minimum atomic E-state index is 0.0788. The molecule has 1 saturated carbocycles. The predicted molar refractivity (Wildman–Crippen MR) is 85.1 cm³/mol. The normalized spacial score (nSPS) is 18.2. The number of nitrogen functional groups attached to an aromatic ring is 1. The molecule has 1 fully saturated rings. The number of amides is 1. The molecule has 4 heteroatoms. The number of rotatable bonds is 5. The second-order valence-corrected chi connectivity index (χ2v) is 6.67. The molecule has 0 unspecified atom stereocenters. The standard InChI is InChI=1S/C17H26N2O2/c1-17(2)10-7-14(8-11-17)19-16(20)9-12-21-15-5-3-13(18)4-6-15/h3-6,14H,7-12,18H2,1-2H3,(H,19,20). The summed E-state index contributed by atoms with van der Waals surface area (Å²) in [4.78, 5) is 11.9. The van der Waals surface area contributed by atoms with Crippen molar-refractivity contribution < 1.29 is 9.53 Å². The van der Waals surface area contributed by atoms with Gasteiger partial charge in [-0.2, -0.15) is 0 Å². The van der Waals surface area contributed by atoms with Crippen LogP contribution in [0.25, 0.3) is 0 Å². The highest BCUT2D eigenvalue weighted by Gasteiger charge is 2.27. The molecule has 0 radical (unpaired) electrons. The third-order valence-corrected chi connectivity index (χ3v) is 4.18. The van der Waals surface area contributed by atoms with Gasteiger partial charge in [-0.05, 0) is 55.4 Å². The number of carbonyl (C=O) groups is 1. The van der Waals surface area contributed by atoms with Gasteiger partial charge in [0, 0.05) is 11.7 Å². The molecule has 0 atom stereocenters. The molecule has 0 saturated heterocycles. The average molecular weight is 290 g/mol. The minimum absolute atomic E-state index is 0.0788. The quantitative estimate of drug-likeness (QED) is 0.819. The number of benzene rings is 1. The molecule has 1 aliphatic carbocycles. The van der Waals surface area contributed by atoms with Crippen LogP contribution in [-0.2, 0) is 4.79 Å². The maximum atomic E-state index is 11.9. The van der Waals surface area contributed by atoms with E-state index in [1.807, 2.05) is 12.1 Å². The second-order valence-electron chi connectivity index (χ2n) is 6.67. The highest BCUT2D eigenvalue weighted by atomic mass is 16.5. The molecule has 4 nitrogen and oxygen atoms in total. The van der Waals surface area contributed by atoms with Crippen LogP contribution in [0.1, 0.15) is 46.0 Å². The number of hydrogen-bond donors (Lipinski definition) is 2. The molecule has 0 aliphatic heterocycles. The van der Waals surface area contributed by atoms with Gasteiger partial charge in [0.2, 0.25) is 5.91 Å². The van der Waals surface area contributed by atoms with Crippen molar-refractivity contribution in [2.24, 2.45) is 5.41 Å². The Morgan fingerprint density at radius 1 is 1.29 bits per heavy atom. The summed E-state index contributed by atoms with van der Waals surface area (Å²) < 4.78 is 5.54. The molecule has 21 heavy (non-hydrogen) atoms. The Bertz CT molecular complexity index is 458. The van der Waals surface area contributed by atoms with E-state index in [2.05, 4.69) is 19.2 Å². The fourth-order valence-corrected chi connectivity index (χ4v) is 2.67. The van der Waals surface area contributed by atoms with E-state index in [1.54, 1.807) is 12.1 Å². The number of hydrogen-bond acceptors (Lipinski definition) is 3. The Labute approximate surface area is 127 Å². The van der Waals surface area contributed by atoms with Crippen LogP contribution >= 0.6 is 0 Å². The Hall–Kier alpha value is -1.71. The smallest absolute Gasteiger partial charge is 0.223 e. The number of nitrogens with two attached hydrogens (primary N) is 1. The fraction of sp³-hybridized carbons (Fsp3) is 0.588. The van der Waals surface area contributed by atoms with Crippen molar-refractivity contribution >= 4 is 11.6 Å². The minimum Gasteiger partial charge on any atom is -0.493 e. The first kappa shape index (κ1) is 15.7. The van der Waals surface area contributed by atoms with E-state index < -0.39 is 0 Å². The summed E-state index contributed by atoms with van der Waals surface area (Å²) in [5.41, 5.74) is 6.75. The molecule has 1 aliphatic rings. The summed E-state index contributed by atoms with van der Waals surface area (Å²) >= 11 is 0. The summed E-state index contributed by atoms with van der Waals surface area (Å²) in [5.74, 6) is 0.826. The third kappa shape index (κ3) is 5.29. The van der Waals surface area contributed by atoms with Crippen molar-refractivity contribution in [1.82, 2.24) is 5.32 Å². The lowest BCUT2D eigenvalue weighted by Gasteiger charge is -2.34. The van der Waals surface area contributed by atoms with E-state index in [9.17, 15) is 4.79 Å². The molecule has 0 spiro atoms. The van der Waals surface area contributed by atoms with Crippen molar-refractivity contribution in [3.8, 4) is 5.75 Å². The van der Waals surface area contributed by atoms with Crippen molar-refractivity contribution in [2.75, 3.05) is 12.3 Å². The first-order valence-electron chi connectivity index (χ1n) is 7.72. The molecule has 1 aromatic carbocycles. The zero-order valence-electron chi connectivity index (χ0n) is 13.0. The molecule has 0 aromatic heterocycles. The van der Waals surface area contributed by atoms with E-state index in [1.165, 1.54) is 12.8 Å². The van der Waals surface area contributed by atoms with Crippen LogP contribution in [0.2, 0.25) is 0 Å². The van der Waals surface area contributed by atoms with Gasteiger partial charge in [0.05, 0.1) is 13.0 Å². The zero-order valence-corrected chi connectivity index (χ0v) is 13.0. The molecule has 1 amide bonds. The summed E-state index contributed by atoms with van der Waals surface area (Å²) in [6.45, 7) is 4.99. The van der Waals surface area contributed by atoms with E-state index >= 15 is 0 Å². The second kappa shape index (κ2) is 6.83. The predicted octanol–water partition coefficient (Wildman–Crippen LogP) is 3.12. The van der Waals surface area contributed by atoms with Crippen molar-refractivity contribution in [1.29, 1.82) is 0 Å². The number of nitrogens with one attached hydrogen (secondary N) is 1. The summed E-state index contributed by atoms with van der Waals surface area (Å²) in [6, 6.07) is 7.55. The van der Waals surface area contributed by atoms with Gasteiger partial charge in [-0.15, -0.1) is 0 Å². The summed E-state index contributed by atoms with van der Waals surface area (Å²) in [5, 5.41) is 3.11. The number of carbonyl (C=O) groups excluding carboxylic acids is 1. The van der Waals surface area contributed by atoms with E-state index in [0.717, 1.165) is 18.6 Å². The molecule has 3 N–H and O–H groups in total. The SMILES string of the molecule is CC1(C)CCC(NC(=O)CCOc2ccc(N)cc2)CC1. The monoisotopic (exact) mass is 290 g/mol. The van der Waals surface area contributed by atoms with Crippen LogP contribution in [0.5, 0.6) is 5.75 Å². The highest BCUT2D eigenvalue weighted by Crippen LogP contribution is 2.34. The Kier molecular flexibility index (Phi) is 5.10. The molecule has 0 bridgehead atoms. The van der Waals surface area contributed by atoms with Crippen LogP contribution in [0.15, 0.2) is 24.3 Å². The van der Waals surface area contributed by atoms with Gasteiger partial charge >= 0.3 is 0 Å². The summed E-state index contributed by atoms with van der Waals surface area (Å²) in [7, 11) is 0. The van der Waals surface area contributed by atoms with Crippen LogP contribution in [0.3, 0.4) is 0 Å². The summed E-state index contributed by atoms with van der Waals surface area (Å²) in [6.07, 6.45) is 4.92. The van der Waals surface area contributed by atoms with E-state index in [4.69, 9.17) is 10.5 Å². The van der Waals surface area contributed by atoms with Gasteiger partial charge in [0.15, 0.2) is 0 Å². The van der Waals surface area contributed by atoms with Crippen LogP contribution in [0, 0.1) is 5.41 Å². The molecule has 0 heterocycles. The van der Waals surface area contributed by atoms with Gasteiger partial charge < -0.3 is 15.8 Å². The lowest BCUT2D eigenvalue weighted by molar-refractivity contribution is -0.122. The lowest BCUT2D eigenvalue weighted by Crippen LogP contribution is -2.39. The Balaban J connectivity index is 1.65. The maximum absolute atomic E-state index is 11.9. The highest BCUT2D eigenvalue weighted by molar-refractivity contribution is 5.76. The largest absolute Gasteiger partial charge is 0.493 e. The van der Waals surface area contributed by atoms with Crippen molar-refractivity contribution in [3.63, 3.8) is 0 Å².